The SMILES string of the molecule is Cc1cccnc1-c1nc(O)c(C(C)C)c(=O)[nH]1. The van der Waals surface area contributed by atoms with Crippen LogP contribution in [-0.2, 0) is 0 Å². The summed E-state index contributed by atoms with van der Waals surface area (Å²) in [5.74, 6) is -0.0195. The average Bonchev–Trinajstić information content (AvgIpc) is 2.27. The molecule has 0 aliphatic heterocycles. The number of aromatic amines is 1. The Morgan fingerprint density at radius 2 is 2.11 bits per heavy atom. The molecule has 0 aliphatic carbocycles. The summed E-state index contributed by atoms with van der Waals surface area (Å²) in [5, 5.41) is 9.84. The summed E-state index contributed by atoms with van der Waals surface area (Å²) in [7, 11) is 0. The van der Waals surface area contributed by atoms with Crippen molar-refractivity contribution in [2.45, 2.75) is 26.7 Å². The predicted molar refractivity (Wildman–Crippen MR) is 68.6 cm³/mol. The zero-order valence-electron chi connectivity index (χ0n) is 10.6. The van der Waals surface area contributed by atoms with E-state index in [-0.39, 0.29) is 17.4 Å². The molecule has 2 aromatic rings. The summed E-state index contributed by atoms with van der Waals surface area (Å²) >= 11 is 0. The molecular weight excluding hydrogens is 230 g/mol. The minimum Gasteiger partial charge on any atom is -0.493 e. The number of nitrogens with zero attached hydrogens (tertiary/aromatic N) is 2. The van der Waals surface area contributed by atoms with Crippen molar-refractivity contribution in [2.24, 2.45) is 0 Å². The van der Waals surface area contributed by atoms with Gasteiger partial charge in [-0.05, 0) is 24.5 Å². The average molecular weight is 245 g/mol. The minimum absolute atomic E-state index is 0.0832. The van der Waals surface area contributed by atoms with Crippen LogP contribution < -0.4 is 5.56 Å². The fraction of sp³-hybridized carbons (Fsp3) is 0.308. The maximum absolute atomic E-state index is 11.9. The summed E-state index contributed by atoms with van der Waals surface area (Å²) in [5.41, 5.74) is 1.43. The molecule has 0 aliphatic rings. The molecule has 2 heterocycles. The molecule has 0 aromatic carbocycles. The zero-order chi connectivity index (χ0) is 13.3. The van der Waals surface area contributed by atoms with Crippen LogP contribution in [0, 0.1) is 6.92 Å². The molecule has 2 rings (SSSR count). The number of pyridine rings is 1. The molecule has 5 heteroatoms. The molecule has 0 saturated carbocycles. The van der Waals surface area contributed by atoms with E-state index in [9.17, 15) is 9.90 Å². The Kier molecular flexibility index (Phi) is 3.14. The lowest BCUT2D eigenvalue weighted by Gasteiger charge is -2.09. The Morgan fingerprint density at radius 1 is 1.39 bits per heavy atom. The molecule has 2 aromatic heterocycles. The normalized spacial score (nSPS) is 10.9. The highest BCUT2D eigenvalue weighted by Gasteiger charge is 2.15. The summed E-state index contributed by atoms with van der Waals surface area (Å²) in [6, 6.07) is 3.68. The smallest absolute Gasteiger partial charge is 0.258 e. The molecule has 0 amide bonds. The van der Waals surface area contributed by atoms with E-state index in [1.165, 1.54) is 0 Å². The second kappa shape index (κ2) is 4.60. The summed E-state index contributed by atoms with van der Waals surface area (Å²) in [6.45, 7) is 5.53. The van der Waals surface area contributed by atoms with Crippen LogP contribution in [0.4, 0.5) is 0 Å². The molecule has 5 nitrogen and oxygen atoms in total. The molecule has 0 fully saturated rings. The molecule has 0 bridgehead atoms. The fourth-order valence-corrected chi connectivity index (χ4v) is 1.84. The van der Waals surface area contributed by atoms with Crippen molar-refractivity contribution in [2.75, 3.05) is 0 Å². The predicted octanol–water partition coefficient (Wildman–Crippen LogP) is 1.97. The van der Waals surface area contributed by atoms with Crippen LogP contribution in [0.25, 0.3) is 11.5 Å². The minimum atomic E-state index is -0.322. The topological polar surface area (TPSA) is 78.9 Å². The van der Waals surface area contributed by atoms with E-state index < -0.39 is 0 Å². The molecule has 0 spiro atoms. The number of hydrogen-bond donors (Lipinski definition) is 2. The van der Waals surface area contributed by atoms with Crippen molar-refractivity contribution in [3.8, 4) is 17.4 Å². The van der Waals surface area contributed by atoms with Gasteiger partial charge in [-0.15, -0.1) is 0 Å². The van der Waals surface area contributed by atoms with Gasteiger partial charge >= 0.3 is 0 Å². The maximum Gasteiger partial charge on any atom is 0.258 e. The van der Waals surface area contributed by atoms with Gasteiger partial charge in [0.2, 0.25) is 5.88 Å². The molecule has 0 radical (unpaired) electrons. The molecule has 0 saturated heterocycles. The monoisotopic (exact) mass is 245 g/mol. The largest absolute Gasteiger partial charge is 0.493 e. The first kappa shape index (κ1) is 12.3. The zero-order valence-corrected chi connectivity index (χ0v) is 10.6. The highest BCUT2D eigenvalue weighted by Crippen LogP contribution is 2.22. The van der Waals surface area contributed by atoms with Crippen LogP contribution >= 0.6 is 0 Å². The van der Waals surface area contributed by atoms with Gasteiger partial charge < -0.3 is 10.1 Å². The first-order valence-electron chi connectivity index (χ1n) is 5.76. The van der Waals surface area contributed by atoms with Crippen LogP contribution in [0.3, 0.4) is 0 Å². The Morgan fingerprint density at radius 3 is 2.67 bits per heavy atom. The molecule has 94 valence electrons. The third-order valence-corrected chi connectivity index (χ3v) is 2.75. The number of H-pyrrole nitrogens is 1. The van der Waals surface area contributed by atoms with Crippen molar-refractivity contribution in [3.05, 3.63) is 39.8 Å². The number of rotatable bonds is 2. The number of hydrogen-bond acceptors (Lipinski definition) is 4. The van der Waals surface area contributed by atoms with E-state index in [1.54, 1.807) is 12.3 Å². The van der Waals surface area contributed by atoms with Gasteiger partial charge in [0.25, 0.3) is 5.56 Å². The van der Waals surface area contributed by atoms with E-state index in [0.717, 1.165) is 5.56 Å². The third-order valence-electron chi connectivity index (χ3n) is 2.75. The van der Waals surface area contributed by atoms with E-state index in [1.807, 2.05) is 26.8 Å². The van der Waals surface area contributed by atoms with E-state index in [0.29, 0.717) is 17.1 Å². The second-order valence-corrected chi connectivity index (χ2v) is 4.48. The standard InChI is InChI=1S/C13H15N3O2/c1-7(2)9-12(17)15-11(16-13(9)18)10-8(3)5-4-6-14-10/h4-7H,1-3H3,(H2,15,16,17,18). The van der Waals surface area contributed by atoms with Crippen molar-refractivity contribution in [3.63, 3.8) is 0 Å². The van der Waals surface area contributed by atoms with Gasteiger partial charge in [0.05, 0.1) is 5.56 Å². The van der Waals surface area contributed by atoms with Crippen LogP contribution in [0.15, 0.2) is 23.1 Å². The van der Waals surface area contributed by atoms with E-state index >= 15 is 0 Å². The van der Waals surface area contributed by atoms with Crippen LogP contribution in [0.2, 0.25) is 0 Å². The van der Waals surface area contributed by atoms with Crippen LogP contribution in [-0.4, -0.2) is 20.1 Å². The van der Waals surface area contributed by atoms with Gasteiger partial charge in [-0.3, -0.25) is 9.78 Å². The van der Waals surface area contributed by atoms with E-state index in [2.05, 4.69) is 15.0 Å². The Bertz CT molecular complexity index is 632. The lowest BCUT2D eigenvalue weighted by atomic mass is 10.1. The first-order valence-corrected chi connectivity index (χ1v) is 5.76. The van der Waals surface area contributed by atoms with E-state index in [4.69, 9.17) is 0 Å². The Balaban J connectivity index is 2.63. The first-order chi connectivity index (χ1) is 8.50. The highest BCUT2D eigenvalue weighted by atomic mass is 16.3. The van der Waals surface area contributed by atoms with Gasteiger partial charge in [-0.1, -0.05) is 19.9 Å². The summed E-state index contributed by atoms with van der Waals surface area (Å²) in [6.07, 6.45) is 1.62. The molecule has 0 unspecified atom stereocenters. The molecule has 18 heavy (non-hydrogen) atoms. The third kappa shape index (κ3) is 2.11. The lowest BCUT2D eigenvalue weighted by molar-refractivity contribution is 0.440. The molecular formula is C13H15N3O2. The van der Waals surface area contributed by atoms with Crippen LogP contribution in [0.5, 0.6) is 5.88 Å². The van der Waals surface area contributed by atoms with Gasteiger partial charge in [0.1, 0.15) is 5.69 Å². The van der Waals surface area contributed by atoms with Gasteiger partial charge in [-0.2, -0.15) is 4.98 Å². The Hall–Kier alpha value is -2.17. The highest BCUT2D eigenvalue weighted by molar-refractivity contribution is 5.54. The molecule has 2 N–H and O–H groups in total. The van der Waals surface area contributed by atoms with Crippen molar-refractivity contribution >= 4 is 0 Å². The van der Waals surface area contributed by atoms with Crippen molar-refractivity contribution in [1.29, 1.82) is 0 Å². The van der Waals surface area contributed by atoms with Crippen molar-refractivity contribution < 1.29 is 5.11 Å². The molecule has 0 atom stereocenters. The maximum atomic E-state index is 11.9. The van der Waals surface area contributed by atoms with Gasteiger partial charge in [-0.25, -0.2) is 0 Å². The van der Waals surface area contributed by atoms with Gasteiger partial charge in [0.15, 0.2) is 5.82 Å². The quantitative estimate of drug-likeness (QED) is 0.847. The number of aryl methyl sites for hydroxylation is 1. The number of aromatic nitrogens is 3. The summed E-state index contributed by atoms with van der Waals surface area (Å²) < 4.78 is 0. The second-order valence-electron chi connectivity index (χ2n) is 4.48. The van der Waals surface area contributed by atoms with Gasteiger partial charge in [0, 0.05) is 6.20 Å². The Labute approximate surface area is 105 Å². The number of aromatic hydroxyl groups is 1. The fourth-order valence-electron chi connectivity index (χ4n) is 1.84. The van der Waals surface area contributed by atoms with Crippen LogP contribution in [0.1, 0.15) is 30.9 Å². The summed E-state index contributed by atoms with van der Waals surface area (Å²) in [4.78, 5) is 22.8. The number of nitrogens with one attached hydrogen (secondary N) is 1. The lowest BCUT2D eigenvalue weighted by Crippen LogP contribution is -2.16. The van der Waals surface area contributed by atoms with Crippen molar-refractivity contribution in [1.82, 2.24) is 15.0 Å².